The second-order valence-electron chi connectivity index (χ2n) is 4.60. The van der Waals surface area contributed by atoms with Crippen LogP contribution in [0.15, 0.2) is 45.3 Å². The quantitative estimate of drug-likeness (QED) is 0.797. The zero-order valence-electron chi connectivity index (χ0n) is 10.5. The molecule has 0 aliphatic carbocycles. The molecule has 4 heteroatoms. The Balaban J connectivity index is 2.20. The number of hydrogen-bond acceptors (Lipinski definition) is 1. The average Bonchev–Trinajstić information content (AvgIpc) is 2.31. The maximum Gasteiger partial charge on any atom is 0.124 e. The predicted octanol–water partition coefficient (Wildman–Crippen LogP) is 4.90. The maximum atomic E-state index is 13.3. The first-order valence-corrected chi connectivity index (χ1v) is 7.51. The van der Waals surface area contributed by atoms with Crippen LogP contribution in [0.25, 0.3) is 0 Å². The Bertz CT molecular complexity index is 578. The Hall–Kier alpha value is -0.710. The van der Waals surface area contributed by atoms with Gasteiger partial charge in [0.25, 0.3) is 0 Å². The van der Waals surface area contributed by atoms with Crippen LogP contribution in [-0.2, 0) is 6.42 Å². The van der Waals surface area contributed by atoms with Crippen LogP contribution in [0.5, 0.6) is 0 Å². The molecule has 0 spiro atoms. The molecule has 19 heavy (non-hydrogen) atoms. The lowest BCUT2D eigenvalue weighted by molar-refractivity contribution is 0.621. The lowest BCUT2D eigenvalue weighted by Crippen LogP contribution is -2.13. The summed E-state index contributed by atoms with van der Waals surface area (Å²) in [5.41, 5.74) is 9.29. The molecular formula is C15H14Br2FN. The zero-order chi connectivity index (χ0) is 14.0. The molecule has 0 amide bonds. The minimum absolute atomic E-state index is 0.138. The van der Waals surface area contributed by atoms with E-state index in [0.717, 1.165) is 25.6 Å². The molecule has 2 aromatic carbocycles. The van der Waals surface area contributed by atoms with E-state index in [-0.39, 0.29) is 11.9 Å². The molecule has 1 unspecified atom stereocenters. The summed E-state index contributed by atoms with van der Waals surface area (Å²) in [7, 11) is 0. The summed E-state index contributed by atoms with van der Waals surface area (Å²) < 4.78 is 15.1. The molecule has 1 atom stereocenters. The number of hydrogen-bond donors (Lipinski definition) is 1. The Morgan fingerprint density at radius 2 is 1.89 bits per heavy atom. The second kappa shape index (κ2) is 6.16. The molecule has 2 aromatic rings. The normalized spacial score (nSPS) is 12.5. The van der Waals surface area contributed by atoms with E-state index in [2.05, 4.69) is 37.9 Å². The fourth-order valence-corrected chi connectivity index (χ4v) is 2.76. The van der Waals surface area contributed by atoms with Crippen molar-refractivity contribution < 1.29 is 4.39 Å². The van der Waals surface area contributed by atoms with Gasteiger partial charge in [-0.15, -0.1) is 0 Å². The van der Waals surface area contributed by atoms with Crippen LogP contribution in [0.2, 0.25) is 0 Å². The van der Waals surface area contributed by atoms with Crippen LogP contribution >= 0.6 is 31.9 Å². The van der Waals surface area contributed by atoms with Crippen LogP contribution in [0.1, 0.15) is 22.7 Å². The molecule has 100 valence electrons. The Kier molecular flexibility index (Phi) is 4.76. The Labute approximate surface area is 129 Å². The van der Waals surface area contributed by atoms with Crippen molar-refractivity contribution in [2.75, 3.05) is 0 Å². The molecule has 1 nitrogen and oxygen atoms in total. The van der Waals surface area contributed by atoms with Gasteiger partial charge in [0.2, 0.25) is 0 Å². The second-order valence-corrected chi connectivity index (χ2v) is 6.37. The van der Waals surface area contributed by atoms with Gasteiger partial charge in [-0.25, -0.2) is 4.39 Å². The lowest BCUT2D eigenvalue weighted by Gasteiger charge is -2.14. The van der Waals surface area contributed by atoms with E-state index in [0.29, 0.717) is 6.42 Å². The predicted molar refractivity (Wildman–Crippen MR) is 83.6 cm³/mol. The molecule has 0 heterocycles. The molecule has 0 saturated carbocycles. The highest BCUT2D eigenvalue weighted by atomic mass is 79.9. The molecule has 0 fully saturated rings. The van der Waals surface area contributed by atoms with Gasteiger partial charge in [0.15, 0.2) is 0 Å². The van der Waals surface area contributed by atoms with Gasteiger partial charge in [-0.2, -0.15) is 0 Å². The van der Waals surface area contributed by atoms with E-state index >= 15 is 0 Å². The number of nitrogens with two attached hydrogens (primary N) is 1. The largest absolute Gasteiger partial charge is 0.324 e. The van der Waals surface area contributed by atoms with E-state index in [4.69, 9.17) is 5.73 Å². The van der Waals surface area contributed by atoms with Gasteiger partial charge in [-0.1, -0.05) is 44.0 Å². The van der Waals surface area contributed by atoms with Crippen molar-refractivity contribution >= 4 is 31.9 Å². The molecule has 0 aliphatic heterocycles. The molecule has 0 aliphatic rings. The summed E-state index contributed by atoms with van der Waals surface area (Å²) in [4.78, 5) is 0. The summed E-state index contributed by atoms with van der Waals surface area (Å²) >= 11 is 6.76. The number of aryl methyl sites for hydroxylation is 1. The third-order valence-corrected chi connectivity index (χ3v) is 4.34. The summed E-state index contributed by atoms with van der Waals surface area (Å²) in [6.07, 6.45) is 0.609. The molecule has 0 radical (unpaired) electrons. The van der Waals surface area contributed by atoms with Gasteiger partial charge >= 0.3 is 0 Å². The van der Waals surface area contributed by atoms with E-state index in [1.54, 1.807) is 0 Å². The third-order valence-electron chi connectivity index (χ3n) is 2.99. The van der Waals surface area contributed by atoms with Gasteiger partial charge in [-0.3, -0.25) is 0 Å². The molecule has 0 bridgehead atoms. The Morgan fingerprint density at radius 3 is 2.53 bits per heavy atom. The molecule has 0 saturated heterocycles. The number of benzene rings is 2. The van der Waals surface area contributed by atoms with Crippen molar-refractivity contribution in [1.29, 1.82) is 0 Å². The number of halogens is 3. The highest BCUT2D eigenvalue weighted by Crippen LogP contribution is 2.24. The topological polar surface area (TPSA) is 26.0 Å². The third kappa shape index (κ3) is 3.88. The molecule has 2 rings (SSSR count). The van der Waals surface area contributed by atoms with Crippen molar-refractivity contribution in [2.24, 2.45) is 5.73 Å². The highest BCUT2D eigenvalue weighted by molar-refractivity contribution is 9.10. The summed E-state index contributed by atoms with van der Waals surface area (Å²) in [6, 6.07) is 10.8. The van der Waals surface area contributed by atoms with Gasteiger partial charge in [0.1, 0.15) is 5.82 Å². The summed E-state index contributed by atoms with van der Waals surface area (Å²) in [5.74, 6) is -0.247. The van der Waals surface area contributed by atoms with E-state index in [1.165, 1.54) is 12.1 Å². The smallest absolute Gasteiger partial charge is 0.124 e. The van der Waals surface area contributed by atoms with Crippen molar-refractivity contribution in [3.05, 3.63) is 67.9 Å². The lowest BCUT2D eigenvalue weighted by atomic mass is 9.98. The SMILES string of the molecule is Cc1cc(C(N)Cc2cc(F)cc(Br)c2)ccc1Br. The number of rotatable bonds is 3. The van der Waals surface area contributed by atoms with E-state index < -0.39 is 0 Å². The van der Waals surface area contributed by atoms with Crippen molar-refractivity contribution in [2.45, 2.75) is 19.4 Å². The summed E-state index contributed by atoms with van der Waals surface area (Å²) in [6.45, 7) is 2.03. The molecule has 0 aromatic heterocycles. The summed E-state index contributed by atoms with van der Waals surface area (Å²) in [5, 5.41) is 0. The minimum atomic E-state index is -0.247. The molecular weight excluding hydrogens is 373 g/mol. The minimum Gasteiger partial charge on any atom is -0.324 e. The molecule has 2 N–H and O–H groups in total. The first-order chi connectivity index (χ1) is 8.95. The van der Waals surface area contributed by atoms with Crippen LogP contribution < -0.4 is 5.73 Å². The standard InChI is InChI=1S/C15H14Br2FN/c1-9-4-11(2-3-14(9)17)15(19)7-10-5-12(16)8-13(18)6-10/h2-6,8,15H,7,19H2,1H3. The van der Waals surface area contributed by atoms with Crippen LogP contribution in [0, 0.1) is 12.7 Å². The monoisotopic (exact) mass is 385 g/mol. The van der Waals surface area contributed by atoms with Gasteiger partial charge in [0.05, 0.1) is 0 Å². The highest BCUT2D eigenvalue weighted by Gasteiger charge is 2.09. The fourth-order valence-electron chi connectivity index (χ4n) is 2.00. The zero-order valence-corrected chi connectivity index (χ0v) is 13.6. The van der Waals surface area contributed by atoms with E-state index in [9.17, 15) is 4.39 Å². The van der Waals surface area contributed by atoms with Crippen LogP contribution in [-0.4, -0.2) is 0 Å². The van der Waals surface area contributed by atoms with Gasteiger partial charge in [-0.05, 0) is 54.3 Å². The maximum absolute atomic E-state index is 13.3. The first-order valence-electron chi connectivity index (χ1n) is 5.92. The van der Waals surface area contributed by atoms with Crippen LogP contribution in [0.4, 0.5) is 4.39 Å². The Morgan fingerprint density at radius 1 is 1.16 bits per heavy atom. The van der Waals surface area contributed by atoms with Crippen molar-refractivity contribution in [1.82, 2.24) is 0 Å². The van der Waals surface area contributed by atoms with Gasteiger partial charge < -0.3 is 5.73 Å². The van der Waals surface area contributed by atoms with Gasteiger partial charge in [0, 0.05) is 15.0 Å². The first kappa shape index (κ1) is 14.7. The van der Waals surface area contributed by atoms with Crippen molar-refractivity contribution in [3.8, 4) is 0 Å². The van der Waals surface area contributed by atoms with E-state index in [1.807, 2.05) is 25.1 Å². The fraction of sp³-hybridized carbons (Fsp3) is 0.200. The average molecular weight is 387 g/mol. The van der Waals surface area contributed by atoms with Crippen molar-refractivity contribution in [3.63, 3.8) is 0 Å². The van der Waals surface area contributed by atoms with Crippen LogP contribution in [0.3, 0.4) is 0 Å².